The number of carboxylic acids is 1. The molecule has 0 aliphatic carbocycles. The van der Waals surface area contributed by atoms with Crippen LogP contribution >= 0.6 is 0 Å². The molecule has 1 atom stereocenters. The SMILES string of the molecule is CCCCC(Cc1ccccc1)(N[SH](=O)=O)C(=O)O. The van der Waals surface area contributed by atoms with Crippen molar-refractivity contribution in [1.29, 1.82) is 0 Å². The average molecular weight is 285 g/mol. The second-order valence-corrected chi connectivity index (χ2v) is 5.26. The predicted molar refractivity (Wildman–Crippen MR) is 73.5 cm³/mol. The van der Waals surface area contributed by atoms with Crippen LogP contribution in [0.3, 0.4) is 0 Å². The van der Waals surface area contributed by atoms with Crippen molar-refractivity contribution in [1.82, 2.24) is 4.72 Å². The lowest BCUT2D eigenvalue weighted by atomic mass is 9.87. The molecule has 0 fully saturated rings. The minimum Gasteiger partial charge on any atom is -0.480 e. The van der Waals surface area contributed by atoms with Gasteiger partial charge in [0.15, 0.2) is 0 Å². The third-order valence-electron chi connectivity index (χ3n) is 3.02. The highest BCUT2D eigenvalue weighted by molar-refractivity contribution is 7.70. The molecule has 0 heterocycles. The Hall–Kier alpha value is -1.40. The van der Waals surface area contributed by atoms with Crippen LogP contribution in [0.4, 0.5) is 0 Å². The molecule has 0 aromatic heterocycles. The van der Waals surface area contributed by atoms with Gasteiger partial charge in [0.25, 0.3) is 0 Å². The fourth-order valence-corrected chi connectivity index (χ4v) is 2.65. The van der Waals surface area contributed by atoms with Crippen LogP contribution < -0.4 is 4.72 Å². The first-order chi connectivity index (χ1) is 9.00. The van der Waals surface area contributed by atoms with Crippen LogP contribution in [-0.4, -0.2) is 25.0 Å². The van der Waals surface area contributed by atoms with Crippen LogP contribution in [-0.2, 0) is 22.1 Å². The van der Waals surface area contributed by atoms with Crippen molar-refractivity contribution >= 4 is 16.9 Å². The number of hydrogen-bond acceptors (Lipinski definition) is 3. The molecule has 1 rings (SSSR count). The van der Waals surface area contributed by atoms with E-state index in [1.54, 1.807) is 24.3 Å². The van der Waals surface area contributed by atoms with Crippen LogP contribution in [0.1, 0.15) is 31.7 Å². The summed E-state index contributed by atoms with van der Waals surface area (Å²) < 4.78 is 24.1. The van der Waals surface area contributed by atoms with Crippen molar-refractivity contribution in [3.05, 3.63) is 35.9 Å². The van der Waals surface area contributed by atoms with Crippen molar-refractivity contribution in [3.8, 4) is 0 Å². The van der Waals surface area contributed by atoms with E-state index in [1.165, 1.54) is 0 Å². The van der Waals surface area contributed by atoms with Gasteiger partial charge in [0, 0.05) is 6.42 Å². The number of carboxylic acid groups (broad SMARTS) is 1. The van der Waals surface area contributed by atoms with E-state index in [9.17, 15) is 18.3 Å². The van der Waals surface area contributed by atoms with E-state index < -0.39 is 22.4 Å². The van der Waals surface area contributed by atoms with Gasteiger partial charge in [-0.3, -0.25) is 4.79 Å². The van der Waals surface area contributed by atoms with Gasteiger partial charge in [-0.05, 0) is 12.0 Å². The number of hydrogen-bond donors (Lipinski definition) is 3. The van der Waals surface area contributed by atoms with E-state index in [2.05, 4.69) is 4.72 Å². The summed E-state index contributed by atoms with van der Waals surface area (Å²) in [6.45, 7) is 1.94. The van der Waals surface area contributed by atoms with E-state index in [0.29, 0.717) is 6.42 Å². The Labute approximate surface area is 114 Å². The third-order valence-corrected chi connectivity index (χ3v) is 3.63. The first-order valence-electron chi connectivity index (χ1n) is 6.19. The van der Waals surface area contributed by atoms with Crippen LogP contribution in [0.5, 0.6) is 0 Å². The molecule has 1 aromatic carbocycles. The normalized spacial score (nSPS) is 14.2. The van der Waals surface area contributed by atoms with Crippen molar-refractivity contribution in [2.45, 2.75) is 38.1 Å². The predicted octanol–water partition coefficient (Wildman–Crippen LogP) is 1.36. The van der Waals surface area contributed by atoms with Crippen LogP contribution in [0.2, 0.25) is 0 Å². The molecule has 1 aromatic rings. The molecular weight excluding hydrogens is 266 g/mol. The van der Waals surface area contributed by atoms with Gasteiger partial charge >= 0.3 is 5.97 Å². The Morgan fingerprint density at radius 1 is 1.32 bits per heavy atom. The maximum absolute atomic E-state index is 11.5. The third kappa shape index (κ3) is 4.65. The zero-order chi connectivity index (χ0) is 14.3. The largest absolute Gasteiger partial charge is 0.480 e. The van der Waals surface area contributed by atoms with Crippen molar-refractivity contribution < 1.29 is 18.3 Å². The van der Waals surface area contributed by atoms with Gasteiger partial charge in [0.05, 0.1) is 0 Å². The molecular formula is C13H19NO4S. The molecule has 106 valence electrons. The Morgan fingerprint density at radius 2 is 1.95 bits per heavy atom. The van der Waals surface area contributed by atoms with Crippen LogP contribution in [0.25, 0.3) is 0 Å². The second-order valence-electron chi connectivity index (χ2n) is 4.52. The van der Waals surface area contributed by atoms with Crippen LogP contribution in [0, 0.1) is 0 Å². The zero-order valence-electron chi connectivity index (χ0n) is 10.8. The molecule has 0 bridgehead atoms. The summed E-state index contributed by atoms with van der Waals surface area (Å²) >= 11 is 0. The summed E-state index contributed by atoms with van der Waals surface area (Å²) in [6, 6.07) is 9.03. The highest BCUT2D eigenvalue weighted by atomic mass is 32.2. The van der Waals surface area contributed by atoms with Gasteiger partial charge < -0.3 is 5.11 Å². The van der Waals surface area contributed by atoms with Crippen LogP contribution in [0.15, 0.2) is 30.3 Å². The first kappa shape index (κ1) is 15.7. The minimum atomic E-state index is -2.96. The minimum absolute atomic E-state index is 0.145. The fraction of sp³-hybridized carbons (Fsp3) is 0.462. The maximum atomic E-state index is 11.5. The quantitative estimate of drug-likeness (QED) is 0.630. The average Bonchev–Trinajstić information content (AvgIpc) is 2.36. The number of benzene rings is 1. The summed E-state index contributed by atoms with van der Waals surface area (Å²) in [5.41, 5.74) is -0.655. The lowest BCUT2D eigenvalue weighted by Gasteiger charge is -2.28. The molecule has 6 heteroatoms. The molecule has 1 unspecified atom stereocenters. The van der Waals surface area contributed by atoms with Gasteiger partial charge in [-0.25, -0.2) is 8.42 Å². The molecule has 0 aliphatic rings. The van der Waals surface area contributed by atoms with E-state index in [4.69, 9.17) is 0 Å². The molecule has 0 saturated carbocycles. The molecule has 2 N–H and O–H groups in total. The molecule has 0 spiro atoms. The molecule has 5 nitrogen and oxygen atoms in total. The van der Waals surface area contributed by atoms with E-state index in [-0.39, 0.29) is 12.8 Å². The Balaban J connectivity index is 3.03. The lowest BCUT2D eigenvalue weighted by Crippen LogP contribution is -2.53. The van der Waals surface area contributed by atoms with Gasteiger partial charge in [-0.1, -0.05) is 50.1 Å². The Kier molecular flexibility index (Phi) is 5.98. The fourth-order valence-electron chi connectivity index (χ4n) is 2.01. The summed E-state index contributed by atoms with van der Waals surface area (Å²) in [5, 5.41) is 9.43. The van der Waals surface area contributed by atoms with Gasteiger partial charge in [0.1, 0.15) is 5.54 Å². The molecule has 0 amide bonds. The monoisotopic (exact) mass is 285 g/mol. The van der Waals surface area contributed by atoms with Crippen molar-refractivity contribution in [2.75, 3.05) is 0 Å². The number of carbonyl (C=O) groups is 1. The van der Waals surface area contributed by atoms with Gasteiger partial charge in [-0.2, -0.15) is 4.72 Å². The van der Waals surface area contributed by atoms with E-state index >= 15 is 0 Å². The standard InChI is InChI=1S/C13H19NO4S/c1-2-3-9-13(12(15)16,14-19(17)18)10-11-7-5-4-6-8-11/h4-8,19H,2-3,9-10H2,1H3,(H,15,16)(H,14,17,18). The second kappa shape index (κ2) is 7.25. The molecule has 0 radical (unpaired) electrons. The Bertz CT molecular complexity index is 479. The zero-order valence-corrected chi connectivity index (χ0v) is 11.7. The number of thiol groups is 1. The number of nitrogens with one attached hydrogen (secondary N) is 1. The van der Waals surface area contributed by atoms with Gasteiger partial charge in [-0.15, -0.1) is 0 Å². The summed E-state index contributed by atoms with van der Waals surface area (Å²) in [5.74, 6) is -1.14. The van der Waals surface area contributed by atoms with E-state index in [1.807, 2.05) is 13.0 Å². The van der Waals surface area contributed by atoms with E-state index in [0.717, 1.165) is 12.0 Å². The molecule has 0 aliphatic heterocycles. The number of rotatable bonds is 8. The van der Waals surface area contributed by atoms with Crippen molar-refractivity contribution in [2.24, 2.45) is 0 Å². The highest BCUT2D eigenvalue weighted by Gasteiger charge is 2.38. The maximum Gasteiger partial charge on any atom is 0.325 e. The summed E-state index contributed by atoms with van der Waals surface area (Å²) in [4.78, 5) is 11.5. The molecule has 0 saturated heterocycles. The summed E-state index contributed by atoms with van der Waals surface area (Å²) in [7, 11) is -2.96. The first-order valence-corrected chi connectivity index (χ1v) is 7.37. The lowest BCUT2D eigenvalue weighted by molar-refractivity contribution is -0.144. The van der Waals surface area contributed by atoms with Crippen molar-refractivity contribution in [3.63, 3.8) is 0 Å². The highest BCUT2D eigenvalue weighted by Crippen LogP contribution is 2.21. The molecule has 19 heavy (non-hydrogen) atoms. The number of aliphatic carboxylic acids is 1. The topological polar surface area (TPSA) is 83.5 Å². The Morgan fingerprint density at radius 3 is 2.42 bits per heavy atom. The smallest absolute Gasteiger partial charge is 0.325 e. The van der Waals surface area contributed by atoms with Gasteiger partial charge in [0.2, 0.25) is 10.9 Å². The summed E-state index contributed by atoms with van der Waals surface area (Å²) in [6.07, 6.45) is 1.87. The number of unbranched alkanes of at least 4 members (excludes halogenated alkanes) is 1.